The van der Waals surface area contributed by atoms with Crippen molar-refractivity contribution < 1.29 is 0 Å². The Hall–Kier alpha value is -1.59. The van der Waals surface area contributed by atoms with Gasteiger partial charge in [0.25, 0.3) is 0 Å². The minimum Gasteiger partial charge on any atom is -0.398 e. The Morgan fingerprint density at radius 3 is 2.67 bits per heavy atom. The molecule has 3 N–H and O–H groups in total. The maximum Gasteiger partial charge on any atom is 0.0958 e. The largest absolute Gasteiger partial charge is 0.398 e. The van der Waals surface area contributed by atoms with Gasteiger partial charge in [-0.3, -0.25) is 4.98 Å². The van der Waals surface area contributed by atoms with Crippen LogP contribution in [0.3, 0.4) is 0 Å². The molecule has 0 saturated carbocycles. The van der Waals surface area contributed by atoms with Crippen LogP contribution in [0.25, 0.3) is 10.9 Å². The topological polar surface area (TPSA) is 50.9 Å². The highest BCUT2D eigenvalue weighted by Gasteiger charge is 2.07. The van der Waals surface area contributed by atoms with Crippen LogP contribution in [0.1, 0.15) is 5.56 Å². The van der Waals surface area contributed by atoms with Gasteiger partial charge in [0.15, 0.2) is 0 Å². The molecular formula is C16H13Br2N3. The Kier molecular flexibility index (Phi) is 3.87. The molecule has 0 spiro atoms. The maximum absolute atomic E-state index is 6.04. The third-order valence-electron chi connectivity index (χ3n) is 3.29. The van der Waals surface area contributed by atoms with Gasteiger partial charge in [0.1, 0.15) is 0 Å². The van der Waals surface area contributed by atoms with E-state index in [0.29, 0.717) is 0 Å². The minimum absolute atomic E-state index is 0.719. The Morgan fingerprint density at radius 1 is 1.10 bits per heavy atom. The third kappa shape index (κ3) is 2.89. The number of hydrogen-bond donors (Lipinski definition) is 2. The first-order chi connectivity index (χ1) is 10.0. The zero-order valence-electron chi connectivity index (χ0n) is 11.3. The minimum atomic E-state index is 0.719. The lowest BCUT2D eigenvalue weighted by Crippen LogP contribution is -1.96. The maximum atomic E-state index is 6.04. The number of halogens is 2. The number of benzene rings is 2. The number of pyridine rings is 1. The Morgan fingerprint density at radius 2 is 1.90 bits per heavy atom. The third-order valence-corrected chi connectivity index (χ3v) is 4.61. The summed E-state index contributed by atoms with van der Waals surface area (Å²) in [5.41, 5.74) is 10.7. The van der Waals surface area contributed by atoms with E-state index in [1.54, 1.807) is 6.20 Å². The second-order valence-corrected chi connectivity index (χ2v) is 6.61. The molecule has 0 fully saturated rings. The summed E-state index contributed by atoms with van der Waals surface area (Å²) in [6.45, 7) is 2.06. The number of rotatable bonds is 2. The molecule has 3 aromatic rings. The first-order valence-electron chi connectivity index (χ1n) is 6.41. The summed E-state index contributed by atoms with van der Waals surface area (Å²) in [6, 6.07) is 12.0. The zero-order chi connectivity index (χ0) is 15.0. The quantitative estimate of drug-likeness (QED) is 0.560. The van der Waals surface area contributed by atoms with Gasteiger partial charge in [0, 0.05) is 31.9 Å². The van der Waals surface area contributed by atoms with Crippen molar-refractivity contribution in [1.29, 1.82) is 0 Å². The lowest BCUT2D eigenvalue weighted by atomic mass is 10.1. The number of aryl methyl sites for hydroxylation is 1. The Balaban J connectivity index is 2.08. The van der Waals surface area contributed by atoms with Crippen molar-refractivity contribution in [2.75, 3.05) is 11.1 Å². The summed E-state index contributed by atoms with van der Waals surface area (Å²) in [5, 5.41) is 4.34. The summed E-state index contributed by atoms with van der Waals surface area (Å²) in [5.74, 6) is 0. The molecule has 0 saturated heterocycles. The van der Waals surface area contributed by atoms with Gasteiger partial charge in [-0.1, -0.05) is 15.9 Å². The van der Waals surface area contributed by atoms with Gasteiger partial charge in [0.2, 0.25) is 0 Å². The van der Waals surface area contributed by atoms with Gasteiger partial charge in [-0.2, -0.15) is 0 Å². The smallest absolute Gasteiger partial charge is 0.0958 e. The molecular weight excluding hydrogens is 394 g/mol. The lowest BCUT2D eigenvalue weighted by Gasteiger charge is -2.12. The average molecular weight is 407 g/mol. The summed E-state index contributed by atoms with van der Waals surface area (Å²) >= 11 is 6.94. The van der Waals surface area contributed by atoms with Crippen molar-refractivity contribution in [3.05, 3.63) is 57.1 Å². The Labute approximate surface area is 139 Å². The molecule has 0 aliphatic carbocycles. The molecule has 0 bridgehead atoms. The van der Waals surface area contributed by atoms with Crippen LogP contribution in [-0.4, -0.2) is 4.98 Å². The molecule has 0 aliphatic rings. The highest BCUT2D eigenvalue weighted by molar-refractivity contribution is 9.10. The van der Waals surface area contributed by atoms with E-state index in [1.165, 1.54) is 5.56 Å². The average Bonchev–Trinajstić information content (AvgIpc) is 2.46. The van der Waals surface area contributed by atoms with E-state index in [0.717, 1.165) is 36.9 Å². The summed E-state index contributed by atoms with van der Waals surface area (Å²) < 4.78 is 2.01. The van der Waals surface area contributed by atoms with Crippen molar-refractivity contribution in [1.82, 2.24) is 4.98 Å². The van der Waals surface area contributed by atoms with E-state index in [4.69, 9.17) is 5.73 Å². The number of hydrogen-bond acceptors (Lipinski definition) is 3. The summed E-state index contributed by atoms with van der Waals surface area (Å²) in [6.07, 6.45) is 1.78. The first-order valence-corrected chi connectivity index (χ1v) is 8.00. The van der Waals surface area contributed by atoms with Gasteiger partial charge >= 0.3 is 0 Å². The van der Waals surface area contributed by atoms with Crippen molar-refractivity contribution >= 4 is 59.8 Å². The highest BCUT2D eigenvalue weighted by Crippen LogP contribution is 2.31. The van der Waals surface area contributed by atoms with E-state index < -0.39 is 0 Å². The molecule has 106 valence electrons. The number of nitrogens with zero attached hydrogens (tertiary/aromatic N) is 1. The van der Waals surface area contributed by atoms with Crippen LogP contribution < -0.4 is 11.1 Å². The van der Waals surface area contributed by atoms with Crippen LogP contribution >= 0.6 is 31.9 Å². The number of fused-ring (bicyclic) bond motifs is 1. The second kappa shape index (κ2) is 5.66. The molecule has 0 radical (unpaired) electrons. The molecule has 5 heteroatoms. The van der Waals surface area contributed by atoms with Crippen LogP contribution in [0.5, 0.6) is 0 Å². The Bertz CT molecular complexity index is 831. The van der Waals surface area contributed by atoms with Crippen LogP contribution in [0.15, 0.2) is 51.5 Å². The van der Waals surface area contributed by atoms with E-state index in [1.807, 2.05) is 30.3 Å². The highest BCUT2D eigenvalue weighted by atomic mass is 79.9. The standard InChI is InChI=1S/C16H13Br2N3/c1-9-6-11(2-3-13(9)18)21-15-5-4-14(19)12-7-10(17)8-20-16(12)15/h2-8,21H,19H2,1H3. The van der Waals surface area contributed by atoms with Crippen molar-refractivity contribution in [2.24, 2.45) is 0 Å². The fourth-order valence-electron chi connectivity index (χ4n) is 2.19. The normalized spacial score (nSPS) is 10.8. The molecule has 3 rings (SSSR count). The lowest BCUT2D eigenvalue weighted by molar-refractivity contribution is 1.38. The van der Waals surface area contributed by atoms with Crippen LogP contribution in [0.2, 0.25) is 0 Å². The van der Waals surface area contributed by atoms with Crippen molar-refractivity contribution in [2.45, 2.75) is 6.92 Å². The molecule has 0 atom stereocenters. The number of anilines is 3. The molecule has 0 unspecified atom stereocenters. The first kappa shape index (κ1) is 14.4. The van der Waals surface area contributed by atoms with E-state index in [9.17, 15) is 0 Å². The summed E-state index contributed by atoms with van der Waals surface area (Å²) in [4.78, 5) is 4.48. The van der Waals surface area contributed by atoms with E-state index >= 15 is 0 Å². The second-order valence-electron chi connectivity index (χ2n) is 4.84. The van der Waals surface area contributed by atoms with Crippen LogP contribution in [0.4, 0.5) is 17.1 Å². The predicted octanol–water partition coefficient (Wildman–Crippen LogP) is 5.39. The van der Waals surface area contributed by atoms with Crippen molar-refractivity contribution in [3.8, 4) is 0 Å². The molecule has 21 heavy (non-hydrogen) atoms. The zero-order valence-corrected chi connectivity index (χ0v) is 14.5. The van der Waals surface area contributed by atoms with Gasteiger partial charge in [-0.15, -0.1) is 0 Å². The monoisotopic (exact) mass is 405 g/mol. The van der Waals surface area contributed by atoms with Crippen molar-refractivity contribution in [3.63, 3.8) is 0 Å². The van der Waals surface area contributed by atoms with E-state index in [-0.39, 0.29) is 0 Å². The number of nitrogen functional groups attached to an aromatic ring is 1. The van der Waals surface area contributed by atoms with Gasteiger partial charge in [-0.05, 0) is 64.8 Å². The molecule has 0 aliphatic heterocycles. The van der Waals surface area contributed by atoms with Gasteiger partial charge in [-0.25, -0.2) is 0 Å². The van der Waals surface area contributed by atoms with Crippen LogP contribution in [0, 0.1) is 6.92 Å². The molecule has 1 heterocycles. The van der Waals surface area contributed by atoms with Crippen LogP contribution in [-0.2, 0) is 0 Å². The predicted molar refractivity (Wildman–Crippen MR) is 96.0 cm³/mol. The number of aromatic nitrogens is 1. The summed E-state index contributed by atoms with van der Waals surface area (Å²) in [7, 11) is 0. The molecule has 3 nitrogen and oxygen atoms in total. The van der Waals surface area contributed by atoms with Gasteiger partial charge in [0.05, 0.1) is 11.2 Å². The fourth-order valence-corrected chi connectivity index (χ4v) is 2.77. The van der Waals surface area contributed by atoms with Gasteiger partial charge < -0.3 is 11.1 Å². The molecule has 1 aromatic heterocycles. The SMILES string of the molecule is Cc1cc(Nc2ccc(N)c3cc(Br)cnc23)ccc1Br. The fraction of sp³-hybridized carbons (Fsp3) is 0.0625. The molecule has 0 amide bonds. The van der Waals surface area contributed by atoms with E-state index in [2.05, 4.69) is 55.2 Å². The number of nitrogens with two attached hydrogens (primary N) is 1. The number of nitrogens with one attached hydrogen (secondary N) is 1. The molecule has 2 aromatic carbocycles.